The standard InChI is InChI=1S/C13H16BrN3O2S2/c1-3-15-8-11-9(2)7-12(20-11)21(18,19)17-13-10(14)5-4-6-16-13/h4-7,15H,3,8H2,1-2H3,(H,16,17). The van der Waals surface area contributed by atoms with Gasteiger partial charge in [0.2, 0.25) is 0 Å². The number of aromatic nitrogens is 1. The van der Waals surface area contributed by atoms with Gasteiger partial charge in [0.15, 0.2) is 5.82 Å². The van der Waals surface area contributed by atoms with Crippen molar-refractivity contribution in [2.45, 2.75) is 24.6 Å². The Hall–Kier alpha value is -0.960. The summed E-state index contributed by atoms with van der Waals surface area (Å²) in [5, 5.41) is 3.20. The average Bonchev–Trinajstić information content (AvgIpc) is 2.81. The normalized spacial score (nSPS) is 11.6. The van der Waals surface area contributed by atoms with E-state index in [9.17, 15) is 8.42 Å². The van der Waals surface area contributed by atoms with Crippen LogP contribution in [-0.2, 0) is 16.6 Å². The van der Waals surface area contributed by atoms with Crippen molar-refractivity contribution < 1.29 is 8.42 Å². The first kappa shape index (κ1) is 16.4. The molecule has 0 fully saturated rings. The molecule has 0 radical (unpaired) electrons. The molecule has 0 bridgehead atoms. The van der Waals surface area contributed by atoms with Crippen molar-refractivity contribution in [3.05, 3.63) is 39.3 Å². The maximum absolute atomic E-state index is 12.4. The first-order chi connectivity index (χ1) is 9.94. The second-order valence-electron chi connectivity index (χ2n) is 4.39. The number of hydrogen-bond donors (Lipinski definition) is 2. The molecule has 21 heavy (non-hydrogen) atoms. The zero-order valence-electron chi connectivity index (χ0n) is 11.7. The summed E-state index contributed by atoms with van der Waals surface area (Å²) in [5.41, 5.74) is 0.974. The number of anilines is 1. The molecule has 8 heteroatoms. The van der Waals surface area contributed by atoms with Gasteiger partial charge in [-0.2, -0.15) is 0 Å². The number of thiophene rings is 1. The summed E-state index contributed by atoms with van der Waals surface area (Å²) in [7, 11) is -3.61. The van der Waals surface area contributed by atoms with Gasteiger partial charge in [-0.15, -0.1) is 11.3 Å². The molecule has 2 aromatic heterocycles. The highest BCUT2D eigenvalue weighted by Crippen LogP contribution is 2.28. The summed E-state index contributed by atoms with van der Waals surface area (Å²) >= 11 is 4.55. The van der Waals surface area contributed by atoms with E-state index in [1.54, 1.807) is 24.4 Å². The highest BCUT2D eigenvalue weighted by Gasteiger charge is 2.20. The van der Waals surface area contributed by atoms with E-state index in [1.807, 2.05) is 13.8 Å². The lowest BCUT2D eigenvalue weighted by Gasteiger charge is -2.06. The topological polar surface area (TPSA) is 71.1 Å². The van der Waals surface area contributed by atoms with Crippen LogP contribution in [-0.4, -0.2) is 19.9 Å². The lowest BCUT2D eigenvalue weighted by molar-refractivity contribution is 0.603. The molecule has 5 nitrogen and oxygen atoms in total. The van der Waals surface area contributed by atoms with Gasteiger partial charge in [0.05, 0.1) is 4.47 Å². The Bertz CT molecular complexity index is 729. The quantitative estimate of drug-likeness (QED) is 0.795. The predicted molar refractivity (Wildman–Crippen MR) is 89.2 cm³/mol. The van der Waals surface area contributed by atoms with E-state index in [4.69, 9.17) is 0 Å². The molecule has 0 aliphatic heterocycles. The second kappa shape index (κ2) is 6.87. The molecule has 0 saturated carbocycles. The van der Waals surface area contributed by atoms with Crippen molar-refractivity contribution in [2.75, 3.05) is 11.3 Å². The SMILES string of the molecule is CCNCc1sc(S(=O)(=O)Nc2ncccc2Br)cc1C. The number of pyridine rings is 1. The first-order valence-electron chi connectivity index (χ1n) is 6.37. The zero-order valence-corrected chi connectivity index (χ0v) is 14.9. The van der Waals surface area contributed by atoms with Gasteiger partial charge in [0.1, 0.15) is 4.21 Å². The molecular weight excluding hydrogens is 374 g/mol. The molecule has 0 atom stereocenters. The van der Waals surface area contributed by atoms with Crippen molar-refractivity contribution in [1.82, 2.24) is 10.3 Å². The minimum Gasteiger partial charge on any atom is -0.312 e. The van der Waals surface area contributed by atoms with Crippen LogP contribution < -0.4 is 10.0 Å². The third-order valence-corrected chi connectivity index (χ3v) is 6.48. The molecule has 0 amide bonds. The van der Waals surface area contributed by atoms with Gasteiger partial charge in [0.25, 0.3) is 10.0 Å². The van der Waals surface area contributed by atoms with Crippen molar-refractivity contribution >= 4 is 43.1 Å². The summed E-state index contributed by atoms with van der Waals surface area (Å²) in [6.45, 7) is 5.45. The summed E-state index contributed by atoms with van der Waals surface area (Å²) < 4.78 is 28.2. The molecular formula is C13H16BrN3O2S2. The van der Waals surface area contributed by atoms with Gasteiger partial charge in [0, 0.05) is 17.6 Å². The smallest absolute Gasteiger partial charge is 0.272 e. The number of hydrogen-bond acceptors (Lipinski definition) is 5. The Kier molecular flexibility index (Phi) is 5.37. The van der Waals surface area contributed by atoms with Gasteiger partial charge in [-0.1, -0.05) is 6.92 Å². The van der Waals surface area contributed by atoms with Gasteiger partial charge in [-0.3, -0.25) is 4.72 Å². The fraction of sp³-hybridized carbons (Fsp3) is 0.308. The Morgan fingerprint density at radius 2 is 2.19 bits per heavy atom. The summed E-state index contributed by atoms with van der Waals surface area (Å²) in [4.78, 5) is 5.05. The molecule has 114 valence electrons. The first-order valence-corrected chi connectivity index (χ1v) is 9.46. The third-order valence-electron chi connectivity index (χ3n) is 2.79. The molecule has 0 saturated heterocycles. The van der Waals surface area contributed by atoms with Crippen LogP contribution in [0.5, 0.6) is 0 Å². The molecule has 0 aliphatic carbocycles. The Morgan fingerprint density at radius 1 is 1.43 bits per heavy atom. The van der Waals surface area contributed by atoms with Crippen LogP contribution in [0.25, 0.3) is 0 Å². The Labute approximate surface area is 137 Å². The molecule has 0 spiro atoms. The Morgan fingerprint density at radius 3 is 2.86 bits per heavy atom. The maximum atomic E-state index is 12.4. The van der Waals surface area contributed by atoms with Crippen molar-refractivity contribution in [2.24, 2.45) is 0 Å². The van der Waals surface area contributed by atoms with Crippen LogP contribution in [0.15, 0.2) is 33.1 Å². The average molecular weight is 390 g/mol. The number of sulfonamides is 1. The van der Waals surface area contributed by atoms with Gasteiger partial charge in [-0.25, -0.2) is 13.4 Å². The monoisotopic (exact) mass is 389 g/mol. The maximum Gasteiger partial charge on any atom is 0.272 e. The van der Waals surface area contributed by atoms with Crippen LogP contribution >= 0.6 is 27.3 Å². The highest BCUT2D eigenvalue weighted by molar-refractivity contribution is 9.10. The van der Waals surface area contributed by atoms with E-state index >= 15 is 0 Å². The molecule has 2 heterocycles. The summed E-state index contributed by atoms with van der Waals surface area (Å²) in [5.74, 6) is 0.289. The largest absolute Gasteiger partial charge is 0.312 e. The molecule has 2 aromatic rings. The minimum atomic E-state index is -3.61. The number of nitrogens with one attached hydrogen (secondary N) is 2. The van der Waals surface area contributed by atoms with E-state index in [0.717, 1.165) is 17.0 Å². The molecule has 0 aliphatic rings. The number of nitrogens with zero attached hydrogens (tertiary/aromatic N) is 1. The van der Waals surface area contributed by atoms with Crippen LogP contribution in [0.4, 0.5) is 5.82 Å². The van der Waals surface area contributed by atoms with Crippen molar-refractivity contribution in [3.63, 3.8) is 0 Å². The number of aryl methyl sites for hydroxylation is 1. The predicted octanol–water partition coefficient (Wildman–Crippen LogP) is 3.12. The third kappa shape index (κ3) is 4.03. The summed E-state index contributed by atoms with van der Waals surface area (Å²) in [6, 6.07) is 5.16. The molecule has 2 N–H and O–H groups in total. The van der Waals surface area contributed by atoms with E-state index in [1.165, 1.54) is 11.3 Å². The van der Waals surface area contributed by atoms with Crippen LogP contribution in [0.2, 0.25) is 0 Å². The van der Waals surface area contributed by atoms with Crippen LogP contribution in [0.3, 0.4) is 0 Å². The summed E-state index contributed by atoms with van der Waals surface area (Å²) in [6.07, 6.45) is 1.54. The van der Waals surface area contributed by atoms with Gasteiger partial charge < -0.3 is 5.32 Å². The van der Waals surface area contributed by atoms with Gasteiger partial charge >= 0.3 is 0 Å². The van der Waals surface area contributed by atoms with E-state index in [0.29, 0.717) is 15.2 Å². The number of halogens is 1. The minimum absolute atomic E-state index is 0.289. The Balaban J connectivity index is 2.26. The van der Waals surface area contributed by atoms with Crippen LogP contribution in [0.1, 0.15) is 17.4 Å². The fourth-order valence-corrected chi connectivity index (χ4v) is 4.75. The van der Waals surface area contributed by atoms with Crippen LogP contribution in [0, 0.1) is 6.92 Å². The van der Waals surface area contributed by atoms with E-state index in [2.05, 4.69) is 31.0 Å². The molecule has 0 unspecified atom stereocenters. The van der Waals surface area contributed by atoms with Crippen molar-refractivity contribution in [1.29, 1.82) is 0 Å². The molecule has 0 aromatic carbocycles. The lowest BCUT2D eigenvalue weighted by Crippen LogP contribution is -2.13. The fourth-order valence-electron chi connectivity index (χ4n) is 1.67. The molecule has 2 rings (SSSR count). The zero-order chi connectivity index (χ0) is 15.5. The lowest BCUT2D eigenvalue weighted by atomic mass is 10.3. The van der Waals surface area contributed by atoms with Gasteiger partial charge in [-0.05, 0) is 53.2 Å². The van der Waals surface area contributed by atoms with E-state index in [-0.39, 0.29) is 5.82 Å². The van der Waals surface area contributed by atoms with E-state index < -0.39 is 10.0 Å². The van der Waals surface area contributed by atoms with Crippen molar-refractivity contribution in [3.8, 4) is 0 Å². The highest BCUT2D eigenvalue weighted by atomic mass is 79.9. The number of rotatable bonds is 6. The second-order valence-corrected chi connectivity index (χ2v) is 8.29.